The van der Waals surface area contributed by atoms with Gasteiger partial charge >= 0.3 is 7.82 Å². The predicted molar refractivity (Wildman–Crippen MR) is 139 cm³/mol. The number of aromatic nitrogens is 2. The highest BCUT2D eigenvalue weighted by atomic mass is 32.1. The molecule has 37 heavy (non-hydrogen) atoms. The number of nitrogens with one attached hydrogen (secondary N) is 1. The first-order valence-corrected chi connectivity index (χ1v) is 13.3. The Morgan fingerprint density at radius 2 is 1.76 bits per heavy atom. The van der Waals surface area contributed by atoms with E-state index in [1.807, 2.05) is 42.5 Å². The van der Waals surface area contributed by atoms with Crippen LogP contribution in [0.2, 0.25) is 0 Å². The maximum absolute atomic E-state index is 8.88. The largest absolute Gasteiger partial charge is 0.466 e. The van der Waals surface area contributed by atoms with Gasteiger partial charge in [0.25, 0.3) is 0 Å². The topological polar surface area (TPSA) is 154 Å². The second-order valence-corrected chi connectivity index (χ2v) is 9.72. The maximum Gasteiger partial charge on any atom is 0.466 e. The van der Waals surface area contributed by atoms with Crippen molar-refractivity contribution in [1.29, 1.82) is 0 Å². The first kappa shape index (κ1) is 25.2. The number of benzene rings is 2. The van der Waals surface area contributed by atoms with E-state index in [4.69, 9.17) is 45.4 Å². The van der Waals surface area contributed by atoms with Crippen LogP contribution < -0.4 is 19.7 Å². The van der Waals surface area contributed by atoms with Crippen LogP contribution in [0.15, 0.2) is 53.2 Å². The average molecular weight is 546 g/mol. The van der Waals surface area contributed by atoms with Crippen LogP contribution in [-0.2, 0) is 11.1 Å². The van der Waals surface area contributed by atoms with Gasteiger partial charge in [0.1, 0.15) is 17.4 Å². The second-order valence-electron chi connectivity index (χ2n) is 8.31. The van der Waals surface area contributed by atoms with Gasteiger partial charge in [-0.1, -0.05) is 18.2 Å². The van der Waals surface area contributed by atoms with E-state index in [0.29, 0.717) is 6.54 Å². The molecule has 0 aliphatic carbocycles. The lowest BCUT2D eigenvalue weighted by Crippen LogP contribution is -2.51. The lowest BCUT2D eigenvalue weighted by atomic mass is 10.2. The Hall–Kier alpha value is -3.48. The van der Waals surface area contributed by atoms with Gasteiger partial charge in [0, 0.05) is 38.1 Å². The molecule has 12 nitrogen and oxygen atoms in total. The molecule has 194 valence electrons. The van der Waals surface area contributed by atoms with Crippen molar-refractivity contribution >= 4 is 53.0 Å². The number of anilines is 1. The highest BCUT2D eigenvalue weighted by Crippen LogP contribution is 2.33. The summed E-state index contributed by atoms with van der Waals surface area (Å²) in [5, 5.41) is 5.12. The zero-order valence-corrected chi connectivity index (χ0v) is 21.2. The minimum Gasteiger partial charge on any atom is -0.454 e. The molecule has 1 fully saturated rings. The molecule has 4 aromatic rings. The fraction of sp³-hybridized carbons (Fsp3) is 0.261. The van der Waals surface area contributed by atoms with Gasteiger partial charge in [-0.2, -0.15) is 0 Å². The van der Waals surface area contributed by atoms with Gasteiger partial charge in [0.15, 0.2) is 28.0 Å². The summed E-state index contributed by atoms with van der Waals surface area (Å²) < 4.78 is 25.8. The number of hydrogen-bond acceptors (Lipinski definition) is 8. The van der Waals surface area contributed by atoms with Gasteiger partial charge in [0.05, 0.1) is 0 Å². The molecule has 14 heteroatoms. The number of para-hydroxylation sites is 1. The van der Waals surface area contributed by atoms with E-state index >= 15 is 0 Å². The number of furan rings is 1. The van der Waals surface area contributed by atoms with Gasteiger partial charge in [0.2, 0.25) is 6.79 Å². The SMILES string of the molecule is O=P(O)(O)O.S=C(NCc1ccc2c(c1)OCO2)N1CCN(c2ncnc3c2oc2ccccc23)CC1. The molecule has 2 aliphatic heterocycles. The van der Waals surface area contributed by atoms with Crippen LogP contribution in [0.4, 0.5) is 5.82 Å². The third-order valence-corrected chi connectivity index (χ3v) is 6.29. The highest BCUT2D eigenvalue weighted by Gasteiger charge is 2.24. The van der Waals surface area contributed by atoms with Gasteiger partial charge in [-0.05, 0) is 42.0 Å². The molecule has 0 saturated carbocycles. The summed E-state index contributed by atoms with van der Waals surface area (Å²) in [5.74, 6) is 2.41. The summed E-state index contributed by atoms with van der Waals surface area (Å²) in [6.07, 6.45) is 1.61. The summed E-state index contributed by atoms with van der Waals surface area (Å²) in [6.45, 7) is 4.13. The summed E-state index contributed by atoms with van der Waals surface area (Å²) in [7, 11) is -4.64. The Morgan fingerprint density at radius 1 is 1.03 bits per heavy atom. The van der Waals surface area contributed by atoms with Crippen LogP contribution in [0.3, 0.4) is 0 Å². The van der Waals surface area contributed by atoms with Crippen LogP contribution in [0.5, 0.6) is 11.5 Å². The van der Waals surface area contributed by atoms with E-state index in [9.17, 15) is 0 Å². The molecule has 1 saturated heterocycles. The molecular weight excluding hydrogens is 521 g/mol. The first-order valence-electron chi connectivity index (χ1n) is 11.3. The molecule has 0 unspecified atom stereocenters. The van der Waals surface area contributed by atoms with Crippen molar-refractivity contribution in [2.45, 2.75) is 6.54 Å². The number of hydrogen-bond donors (Lipinski definition) is 4. The van der Waals surface area contributed by atoms with E-state index in [2.05, 4.69) is 25.1 Å². The van der Waals surface area contributed by atoms with Crippen molar-refractivity contribution in [3.05, 3.63) is 54.4 Å². The van der Waals surface area contributed by atoms with Gasteiger partial charge in [-0.3, -0.25) is 0 Å². The van der Waals surface area contributed by atoms with Crippen LogP contribution in [0, 0.1) is 0 Å². The van der Waals surface area contributed by atoms with E-state index in [1.54, 1.807) is 6.33 Å². The number of nitrogens with zero attached hydrogens (tertiary/aromatic N) is 4. The Balaban J connectivity index is 0.000000514. The summed E-state index contributed by atoms with van der Waals surface area (Å²) in [6, 6.07) is 13.9. The van der Waals surface area contributed by atoms with E-state index < -0.39 is 7.82 Å². The molecular formula is C23H24N5O7PS. The smallest absolute Gasteiger partial charge is 0.454 e. The standard InChI is InChI=1S/C23H21N5O3S.H3O4P/c32-23(24-12-15-5-6-18-19(11-15)30-14-29-18)28-9-7-27(8-10-28)22-21-20(25-13-26-22)16-3-1-2-4-17(16)31-21;1-5(2,3)4/h1-6,11,13H,7-10,12,14H2,(H,24,32);(H3,1,2,3,4). The quantitative estimate of drug-likeness (QED) is 0.220. The first-order chi connectivity index (χ1) is 17.8. The van der Waals surface area contributed by atoms with E-state index in [1.165, 1.54) is 0 Å². The molecule has 0 amide bonds. The minimum atomic E-state index is -4.64. The second kappa shape index (κ2) is 10.5. The van der Waals surface area contributed by atoms with Crippen LogP contribution in [0.1, 0.15) is 5.56 Å². The maximum atomic E-state index is 8.88. The van der Waals surface area contributed by atoms with Crippen molar-refractivity contribution in [2.24, 2.45) is 0 Å². The Morgan fingerprint density at radius 3 is 2.54 bits per heavy atom. The van der Waals surface area contributed by atoms with Crippen molar-refractivity contribution in [3.8, 4) is 11.5 Å². The number of fused-ring (bicyclic) bond motifs is 4. The number of rotatable bonds is 3. The van der Waals surface area contributed by atoms with Crippen molar-refractivity contribution < 1.29 is 33.1 Å². The van der Waals surface area contributed by atoms with Crippen molar-refractivity contribution in [2.75, 3.05) is 37.9 Å². The summed E-state index contributed by atoms with van der Waals surface area (Å²) in [5.41, 5.74) is 3.53. The fourth-order valence-corrected chi connectivity index (χ4v) is 4.45. The molecule has 0 atom stereocenters. The number of piperazine rings is 1. The Kier molecular flexibility index (Phi) is 7.13. The van der Waals surface area contributed by atoms with E-state index in [0.717, 1.165) is 76.2 Å². The fourth-order valence-electron chi connectivity index (χ4n) is 4.20. The molecule has 6 rings (SSSR count). The van der Waals surface area contributed by atoms with Crippen LogP contribution in [-0.4, -0.2) is 67.6 Å². The molecule has 4 heterocycles. The lowest BCUT2D eigenvalue weighted by molar-refractivity contribution is 0.174. The number of ether oxygens (including phenoxy) is 2. The molecule has 2 aromatic heterocycles. The van der Waals surface area contributed by atoms with Gasteiger partial charge in [-0.15, -0.1) is 0 Å². The third-order valence-electron chi connectivity index (χ3n) is 5.89. The molecule has 2 aromatic carbocycles. The normalized spacial score (nSPS) is 15.0. The average Bonchev–Trinajstić information content (AvgIpc) is 3.50. The molecule has 0 radical (unpaired) electrons. The Bertz CT molecular complexity index is 1480. The van der Waals surface area contributed by atoms with Crippen LogP contribution >= 0.6 is 20.0 Å². The van der Waals surface area contributed by atoms with Crippen molar-refractivity contribution in [3.63, 3.8) is 0 Å². The number of thiocarbonyl (C=S) groups is 1. The number of phosphoric acid groups is 1. The lowest BCUT2D eigenvalue weighted by Gasteiger charge is -2.36. The monoisotopic (exact) mass is 545 g/mol. The molecule has 4 N–H and O–H groups in total. The summed E-state index contributed by atoms with van der Waals surface area (Å²) in [4.78, 5) is 35.0. The summed E-state index contributed by atoms with van der Waals surface area (Å²) >= 11 is 5.64. The van der Waals surface area contributed by atoms with Crippen LogP contribution in [0.25, 0.3) is 22.1 Å². The third kappa shape index (κ3) is 5.92. The van der Waals surface area contributed by atoms with E-state index in [-0.39, 0.29) is 6.79 Å². The Labute approximate surface area is 216 Å². The van der Waals surface area contributed by atoms with Crippen molar-refractivity contribution in [1.82, 2.24) is 20.2 Å². The van der Waals surface area contributed by atoms with Gasteiger partial charge < -0.3 is 43.7 Å². The zero-order valence-electron chi connectivity index (χ0n) is 19.5. The molecule has 0 bridgehead atoms. The van der Waals surface area contributed by atoms with Gasteiger partial charge in [-0.25, -0.2) is 14.5 Å². The minimum absolute atomic E-state index is 0.279. The molecule has 0 spiro atoms. The highest BCUT2D eigenvalue weighted by molar-refractivity contribution is 7.80. The molecule has 2 aliphatic rings. The zero-order chi connectivity index (χ0) is 26.0. The predicted octanol–water partition coefficient (Wildman–Crippen LogP) is 2.37.